The molecular formula is C23H17Cl2N3O3S. The van der Waals surface area contributed by atoms with Crippen LogP contribution in [-0.4, -0.2) is 23.1 Å². The highest BCUT2D eigenvalue weighted by molar-refractivity contribution is 8.00. The Kier molecular flexibility index (Phi) is 6.69. The Morgan fingerprint density at radius 1 is 0.875 bits per heavy atom. The molecule has 2 N–H and O–H groups in total. The van der Waals surface area contributed by atoms with Crippen molar-refractivity contribution in [2.24, 2.45) is 0 Å². The van der Waals surface area contributed by atoms with E-state index in [1.54, 1.807) is 42.5 Å². The van der Waals surface area contributed by atoms with Crippen molar-refractivity contribution in [2.75, 3.05) is 15.5 Å². The Bertz CT molecular complexity index is 1190. The molecule has 162 valence electrons. The van der Waals surface area contributed by atoms with Gasteiger partial charge in [0.2, 0.25) is 11.8 Å². The molecule has 9 heteroatoms. The minimum atomic E-state index is -0.578. The average molecular weight is 486 g/mol. The largest absolute Gasteiger partial charge is 0.323 e. The minimum Gasteiger partial charge on any atom is -0.308 e. The Morgan fingerprint density at radius 3 is 2.34 bits per heavy atom. The van der Waals surface area contributed by atoms with E-state index in [9.17, 15) is 14.4 Å². The second-order valence-corrected chi connectivity index (χ2v) is 9.04. The summed E-state index contributed by atoms with van der Waals surface area (Å²) in [4.78, 5) is 39.5. The fraction of sp³-hybridized carbons (Fsp3) is 0.0870. The van der Waals surface area contributed by atoms with Crippen LogP contribution in [0.5, 0.6) is 0 Å². The van der Waals surface area contributed by atoms with Gasteiger partial charge in [0.1, 0.15) is 0 Å². The average Bonchev–Trinajstić information content (AvgIpc) is 3.04. The highest BCUT2D eigenvalue weighted by atomic mass is 35.5. The Hall–Kier alpha value is -3.00. The second kappa shape index (κ2) is 9.65. The lowest BCUT2D eigenvalue weighted by Crippen LogP contribution is -2.31. The van der Waals surface area contributed by atoms with E-state index in [4.69, 9.17) is 23.2 Å². The summed E-state index contributed by atoms with van der Waals surface area (Å²) < 4.78 is 0. The van der Waals surface area contributed by atoms with E-state index < -0.39 is 5.25 Å². The molecule has 32 heavy (non-hydrogen) atoms. The summed E-state index contributed by atoms with van der Waals surface area (Å²) >= 11 is 13.2. The first-order chi connectivity index (χ1) is 15.4. The number of amides is 4. The smallest absolute Gasteiger partial charge is 0.308 e. The van der Waals surface area contributed by atoms with Crippen LogP contribution in [0.25, 0.3) is 0 Å². The Morgan fingerprint density at radius 2 is 1.59 bits per heavy atom. The SMILES string of the molecule is O=C(Nc1ccccc1)Nc1cccc(SC2CC(=O)N(c3ccc(Cl)c(Cl)c3)C2=O)c1. The molecule has 0 saturated carbocycles. The summed E-state index contributed by atoms with van der Waals surface area (Å²) in [5.74, 6) is -0.624. The van der Waals surface area contributed by atoms with E-state index in [2.05, 4.69) is 10.6 Å². The van der Waals surface area contributed by atoms with Gasteiger partial charge in [-0.15, -0.1) is 11.8 Å². The van der Waals surface area contributed by atoms with Gasteiger partial charge in [-0.2, -0.15) is 0 Å². The van der Waals surface area contributed by atoms with Gasteiger partial charge in [-0.1, -0.05) is 47.5 Å². The van der Waals surface area contributed by atoms with Gasteiger partial charge in [-0.05, 0) is 48.5 Å². The number of halogens is 2. The number of hydrogen-bond donors (Lipinski definition) is 2. The first-order valence-corrected chi connectivity index (χ1v) is 11.3. The van der Waals surface area contributed by atoms with Crippen LogP contribution in [-0.2, 0) is 9.59 Å². The molecule has 3 aromatic carbocycles. The molecule has 1 fully saturated rings. The number of benzene rings is 3. The number of carbonyl (C=O) groups excluding carboxylic acids is 3. The Balaban J connectivity index is 1.43. The van der Waals surface area contributed by atoms with Crippen molar-refractivity contribution < 1.29 is 14.4 Å². The van der Waals surface area contributed by atoms with Gasteiger partial charge in [-0.3, -0.25) is 9.59 Å². The lowest BCUT2D eigenvalue weighted by molar-refractivity contribution is -0.121. The normalized spacial score (nSPS) is 15.7. The number of rotatable bonds is 5. The van der Waals surface area contributed by atoms with Gasteiger partial charge >= 0.3 is 6.03 Å². The number of anilines is 3. The molecule has 1 saturated heterocycles. The molecule has 0 radical (unpaired) electrons. The number of para-hydroxylation sites is 1. The predicted octanol–water partition coefficient (Wildman–Crippen LogP) is 6.06. The van der Waals surface area contributed by atoms with Crippen molar-refractivity contribution in [2.45, 2.75) is 16.6 Å². The van der Waals surface area contributed by atoms with Crippen LogP contribution in [0.1, 0.15) is 6.42 Å². The summed E-state index contributed by atoms with van der Waals surface area (Å²) in [6.45, 7) is 0. The molecule has 4 amide bonds. The molecule has 1 unspecified atom stereocenters. The van der Waals surface area contributed by atoms with E-state index in [0.717, 1.165) is 9.80 Å². The summed E-state index contributed by atoms with van der Waals surface area (Å²) in [6.07, 6.45) is 0.0654. The van der Waals surface area contributed by atoms with E-state index in [1.807, 2.05) is 24.3 Å². The van der Waals surface area contributed by atoms with Gasteiger partial charge in [0.05, 0.1) is 21.0 Å². The van der Waals surface area contributed by atoms with Crippen LogP contribution in [0.2, 0.25) is 10.0 Å². The molecular weight excluding hydrogens is 469 g/mol. The molecule has 4 rings (SSSR count). The van der Waals surface area contributed by atoms with Crippen molar-refractivity contribution in [3.05, 3.63) is 82.8 Å². The topological polar surface area (TPSA) is 78.5 Å². The fourth-order valence-electron chi connectivity index (χ4n) is 3.22. The zero-order valence-electron chi connectivity index (χ0n) is 16.5. The number of nitrogens with one attached hydrogen (secondary N) is 2. The van der Waals surface area contributed by atoms with Crippen LogP contribution < -0.4 is 15.5 Å². The number of urea groups is 1. The number of imide groups is 1. The quantitative estimate of drug-likeness (QED) is 0.430. The molecule has 0 bridgehead atoms. The summed E-state index contributed by atoms with van der Waals surface area (Å²) in [5.41, 5.74) is 1.64. The van der Waals surface area contributed by atoms with Crippen molar-refractivity contribution in [3.63, 3.8) is 0 Å². The first-order valence-electron chi connectivity index (χ1n) is 9.62. The summed E-state index contributed by atoms with van der Waals surface area (Å²) in [6, 6.07) is 20.5. The van der Waals surface area contributed by atoms with Gasteiger partial charge < -0.3 is 10.6 Å². The van der Waals surface area contributed by atoms with Crippen molar-refractivity contribution in [3.8, 4) is 0 Å². The van der Waals surface area contributed by atoms with Gasteiger partial charge in [0.25, 0.3) is 0 Å². The molecule has 1 heterocycles. The number of thioether (sulfide) groups is 1. The van der Waals surface area contributed by atoms with Gasteiger partial charge in [-0.25, -0.2) is 9.69 Å². The summed E-state index contributed by atoms with van der Waals surface area (Å²) in [5, 5.41) is 5.56. The van der Waals surface area contributed by atoms with E-state index in [1.165, 1.54) is 17.8 Å². The van der Waals surface area contributed by atoms with Crippen molar-refractivity contribution in [1.82, 2.24) is 0 Å². The number of hydrogen-bond acceptors (Lipinski definition) is 4. The van der Waals surface area contributed by atoms with E-state index in [0.29, 0.717) is 22.1 Å². The van der Waals surface area contributed by atoms with Crippen LogP contribution in [0.15, 0.2) is 77.7 Å². The third-order valence-corrected chi connectivity index (χ3v) is 6.59. The molecule has 6 nitrogen and oxygen atoms in total. The second-order valence-electron chi connectivity index (χ2n) is 6.95. The van der Waals surface area contributed by atoms with Crippen molar-refractivity contribution in [1.29, 1.82) is 0 Å². The maximum absolute atomic E-state index is 12.9. The van der Waals surface area contributed by atoms with Gasteiger partial charge in [0, 0.05) is 22.7 Å². The maximum Gasteiger partial charge on any atom is 0.323 e. The molecule has 1 atom stereocenters. The number of carbonyl (C=O) groups is 3. The van der Waals surface area contributed by atoms with Gasteiger partial charge in [0.15, 0.2) is 0 Å². The van der Waals surface area contributed by atoms with E-state index >= 15 is 0 Å². The highest BCUT2D eigenvalue weighted by Gasteiger charge is 2.40. The third kappa shape index (κ3) is 5.07. The fourth-order valence-corrected chi connectivity index (χ4v) is 4.62. The van der Waals surface area contributed by atoms with Crippen LogP contribution >= 0.6 is 35.0 Å². The van der Waals surface area contributed by atoms with Crippen molar-refractivity contribution >= 4 is 69.9 Å². The van der Waals surface area contributed by atoms with Crippen LogP contribution in [0, 0.1) is 0 Å². The van der Waals surface area contributed by atoms with E-state index in [-0.39, 0.29) is 29.3 Å². The monoisotopic (exact) mass is 485 g/mol. The third-order valence-electron chi connectivity index (χ3n) is 4.67. The molecule has 0 spiro atoms. The number of nitrogens with zero attached hydrogens (tertiary/aromatic N) is 1. The molecule has 3 aromatic rings. The minimum absolute atomic E-state index is 0.0654. The molecule has 1 aliphatic rings. The zero-order valence-corrected chi connectivity index (χ0v) is 18.9. The van der Waals surface area contributed by atoms with Crippen LogP contribution in [0.4, 0.5) is 21.9 Å². The predicted molar refractivity (Wildman–Crippen MR) is 129 cm³/mol. The molecule has 0 aromatic heterocycles. The summed E-state index contributed by atoms with van der Waals surface area (Å²) in [7, 11) is 0. The maximum atomic E-state index is 12.9. The van der Waals surface area contributed by atoms with Crippen LogP contribution in [0.3, 0.4) is 0 Å². The molecule has 0 aliphatic carbocycles. The highest BCUT2D eigenvalue weighted by Crippen LogP contribution is 2.36. The zero-order chi connectivity index (χ0) is 22.7. The standard InChI is InChI=1S/C23H17Cl2N3O3S/c24-18-10-9-16(12-19(18)25)28-21(29)13-20(22(28)30)32-17-8-4-7-15(11-17)27-23(31)26-14-5-2-1-3-6-14/h1-12,20H,13H2,(H2,26,27,31). The Labute approximate surface area is 198 Å². The lowest BCUT2D eigenvalue weighted by Gasteiger charge is -2.15. The molecule has 1 aliphatic heterocycles. The lowest BCUT2D eigenvalue weighted by atomic mass is 10.3. The first kappa shape index (κ1) is 22.2.